The Morgan fingerprint density at radius 3 is 2.33 bits per heavy atom. The first-order chi connectivity index (χ1) is 8.45. The fraction of sp³-hybridized carbons (Fsp3) is 0.385. The summed E-state index contributed by atoms with van der Waals surface area (Å²) in [6, 6.07) is 5.43. The number of halogens is 1. The molecule has 5 heteroatoms. The number of carbonyl (C=O) groups is 2. The van der Waals surface area contributed by atoms with Gasteiger partial charge in [0.05, 0.1) is 0 Å². The van der Waals surface area contributed by atoms with Crippen LogP contribution in [0.25, 0.3) is 0 Å². The number of nitrogens with one attached hydrogen (secondary N) is 1. The summed E-state index contributed by atoms with van der Waals surface area (Å²) in [6.07, 6.45) is 0.678. The van der Waals surface area contributed by atoms with Crippen LogP contribution in [0, 0.1) is 5.92 Å². The SMILES string of the molecule is CC[C@@H](C)[C@@H](NC(=O)c1ccc(Cl)cc1)C(=O)O. The smallest absolute Gasteiger partial charge is 0.326 e. The minimum Gasteiger partial charge on any atom is -0.480 e. The Balaban J connectivity index is 2.78. The normalized spacial score (nSPS) is 13.7. The van der Waals surface area contributed by atoms with Crippen molar-refractivity contribution < 1.29 is 14.7 Å². The van der Waals surface area contributed by atoms with Crippen molar-refractivity contribution >= 4 is 23.5 Å². The van der Waals surface area contributed by atoms with Gasteiger partial charge in [0.25, 0.3) is 5.91 Å². The van der Waals surface area contributed by atoms with E-state index in [2.05, 4.69) is 5.32 Å². The van der Waals surface area contributed by atoms with Crippen molar-refractivity contribution in [2.24, 2.45) is 5.92 Å². The van der Waals surface area contributed by atoms with Crippen LogP contribution < -0.4 is 5.32 Å². The molecule has 0 aliphatic rings. The van der Waals surface area contributed by atoms with Crippen LogP contribution in [-0.2, 0) is 4.79 Å². The van der Waals surface area contributed by atoms with Gasteiger partial charge in [0.2, 0.25) is 0 Å². The van der Waals surface area contributed by atoms with Crippen molar-refractivity contribution in [2.45, 2.75) is 26.3 Å². The molecule has 1 amide bonds. The van der Waals surface area contributed by atoms with Gasteiger partial charge in [0.1, 0.15) is 6.04 Å². The van der Waals surface area contributed by atoms with E-state index in [1.165, 1.54) is 0 Å². The van der Waals surface area contributed by atoms with Crippen LogP contribution in [0.15, 0.2) is 24.3 Å². The van der Waals surface area contributed by atoms with Gasteiger partial charge in [0, 0.05) is 10.6 Å². The highest BCUT2D eigenvalue weighted by Gasteiger charge is 2.25. The number of aliphatic carboxylic acids is 1. The molecule has 1 aromatic carbocycles. The highest BCUT2D eigenvalue weighted by atomic mass is 35.5. The van der Waals surface area contributed by atoms with Gasteiger partial charge in [-0.2, -0.15) is 0 Å². The predicted octanol–water partition coefficient (Wildman–Crippen LogP) is 2.57. The number of carbonyl (C=O) groups excluding carboxylic acids is 1. The van der Waals surface area contributed by atoms with Crippen molar-refractivity contribution in [1.29, 1.82) is 0 Å². The molecule has 2 atom stereocenters. The molecule has 0 saturated heterocycles. The fourth-order valence-electron chi connectivity index (χ4n) is 1.51. The van der Waals surface area contributed by atoms with Crippen LogP contribution in [0.4, 0.5) is 0 Å². The molecule has 0 bridgehead atoms. The molecule has 0 radical (unpaired) electrons. The number of hydrogen-bond acceptors (Lipinski definition) is 2. The molecule has 0 aromatic heterocycles. The number of benzene rings is 1. The summed E-state index contributed by atoms with van der Waals surface area (Å²) in [5.74, 6) is -1.55. The Kier molecular flexibility index (Phi) is 5.16. The first-order valence-electron chi connectivity index (χ1n) is 5.75. The van der Waals surface area contributed by atoms with Gasteiger partial charge in [-0.05, 0) is 30.2 Å². The van der Waals surface area contributed by atoms with E-state index in [1.54, 1.807) is 31.2 Å². The maximum Gasteiger partial charge on any atom is 0.326 e. The summed E-state index contributed by atoms with van der Waals surface area (Å²) < 4.78 is 0. The lowest BCUT2D eigenvalue weighted by atomic mass is 9.99. The van der Waals surface area contributed by atoms with Crippen LogP contribution in [0.1, 0.15) is 30.6 Å². The minimum absolute atomic E-state index is 0.126. The standard InChI is InChI=1S/C13H16ClNO3/c1-3-8(2)11(13(17)18)15-12(16)9-4-6-10(14)7-5-9/h4-8,11H,3H2,1-2H3,(H,15,16)(H,17,18)/t8-,11-/m1/s1. The van der Waals surface area contributed by atoms with E-state index < -0.39 is 17.9 Å². The predicted molar refractivity (Wildman–Crippen MR) is 69.8 cm³/mol. The van der Waals surface area contributed by atoms with E-state index in [0.717, 1.165) is 0 Å². The van der Waals surface area contributed by atoms with E-state index in [4.69, 9.17) is 16.7 Å². The number of carboxylic acids is 1. The lowest BCUT2D eigenvalue weighted by Crippen LogP contribution is -2.45. The van der Waals surface area contributed by atoms with Crippen LogP contribution in [0.3, 0.4) is 0 Å². The molecule has 0 heterocycles. The van der Waals surface area contributed by atoms with Gasteiger partial charge in [-0.25, -0.2) is 4.79 Å². The zero-order valence-corrected chi connectivity index (χ0v) is 11.1. The van der Waals surface area contributed by atoms with Crippen molar-refractivity contribution in [2.75, 3.05) is 0 Å². The van der Waals surface area contributed by atoms with Gasteiger partial charge < -0.3 is 10.4 Å². The van der Waals surface area contributed by atoms with Crippen LogP contribution in [-0.4, -0.2) is 23.0 Å². The maximum atomic E-state index is 11.9. The zero-order valence-electron chi connectivity index (χ0n) is 10.3. The van der Waals surface area contributed by atoms with Crippen molar-refractivity contribution in [3.05, 3.63) is 34.9 Å². The van der Waals surface area contributed by atoms with Crippen molar-refractivity contribution in [3.8, 4) is 0 Å². The van der Waals surface area contributed by atoms with Gasteiger partial charge in [-0.15, -0.1) is 0 Å². The molecular formula is C13H16ClNO3. The number of amides is 1. The second kappa shape index (κ2) is 6.40. The molecule has 0 aliphatic heterocycles. The van der Waals surface area contributed by atoms with Crippen LogP contribution >= 0.6 is 11.6 Å². The maximum absolute atomic E-state index is 11.9. The Labute approximate surface area is 111 Å². The van der Waals surface area contributed by atoms with Gasteiger partial charge in [0.15, 0.2) is 0 Å². The molecule has 18 heavy (non-hydrogen) atoms. The molecular weight excluding hydrogens is 254 g/mol. The first kappa shape index (κ1) is 14.5. The van der Waals surface area contributed by atoms with Gasteiger partial charge >= 0.3 is 5.97 Å². The highest BCUT2D eigenvalue weighted by molar-refractivity contribution is 6.30. The average molecular weight is 270 g/mol. The van der Waals surface area contributed by atoms with E-state index in [9.17, 15) is 9.59 Å². The monoisotopic (exact) mass is 269 g/mol. The second-order valence-corrected chi connectivity index (χ2v) is 4.62. The van der Waals surface area contributed by atoms with E-state index in [1.807, 2.05) is 6.92 Å². The third kappa shape index (κ3) is 3.74. The minimum atomic E-state index is -1.02. The van der Waals surface area contributed by atoms with Gasteiger partial charge in [-0.1, -0.05) is 31.9 Å². The summed E-state index contributed by atoms with van der Waals surface area (Å²) in [5.41, 5.74) is 0.397. The Morgan fingerprint density at radius 2 is 1.89 bits per heavy atom. The van der Waals surface area contributed by atoms with E-state index >= 15 is 0 Å². The fourth-order valence-corrected chi connectivity index (χ4v) is 1.63. The molecule has 1 rings (SSSR count). The van der Waals surface area contributed by atoms with Crippen LogP contribution in [0.5, 0.6) is 0 Å². The third-order valence-electron chi connectivity index (χ3n) is 2.87. The zero-order chi connectivity index (χ0) is 13.7. The summed E-state index contributed by atoms with van der Waals surface area (Å²) in [6.45, 7) is 3.68. The van der Waals surface area contributed by atoms with Crippen molar-refractivity contribution in [1.82, 2.24) is 5.32 Å². The summed E-state index contributed by atoms with van der Waals surface area (Å²) >= 11 is 5.72. The number of carboxylic acid groups (broad SMARTS) is 1. The lowest BCUT2D eigenvalue weighted by Gasteiger charge is -2.20. The van der Waals surface area contributed by atoms with Gasteiger partial charge in [-0.3, -0.25) is 4.79 Å². The molecule has 98 valence electrons. The van der Waals surface area contributed by atoms with E-state index in [-0.39, 0.29) is 5.92 Å². The summed E-state index contributed by atoms with van der Waals surface area (Å²) in [5, 5.41) is 12.1. The van der Waals surface area contributed by atoms with Crippen molar-refractivity contribution in [3.63, 3.8) is 0 Å². The largest absolute Gasteiger partial charge is 0.480 e. The topological polar surface area (TPSA) is 66.4 Å². The van der Waals surface area contributed by atoms with Crippen LogP contribution in [0.2, 0.25) is 5.02 Å². The number of rotatable bonds is 5. The third-order valence-corrected chi connectivity index (χ3v) is 3.12. The lowest BCUT2D eigenvalue weighted by molar-refractivity contribution is -0.140. The molecule has 0 saturated carbocycles. The molecule has 2 N–H and O–H groups in total. The average Bonchev–Trinajstić information content (AvgIpc) is 2.35. The van der Waals surface area contributed by atoms with E-state index in [0.29, 0.717) is 17.0 Å². The molecule has 4 nitrogen and oxygen atoms in total. The second-order valence-electron chi connectivity index (χ2n) is 4.18. The quantitative estimate of drug-likeness (QED) is 0.863. The molecule has 1 aromatic rings. The molecule has 0 spiro atoms. The summed E-state index contributed by atoms with van der Waals surface area (Å²) in [4.78, 5) is 23.0. The molecule has 0 fully saturated rings. The summed E-state index contributed by atoms with van der Waals surface area (Å²) in [7, 11) is 0. The highest BCUT2D eigenvalue weighted by Crippen LogP contribution is 2.12. The first-order valence-corrected chi connectivity index (χ1v) is 6.12. The Bertz CT molecular complexity index is 430. The molecule has 0 unspecified atom stereocenters. The molecule has 0 aliphatic carbocycles. The number of hydrogen-bond donors (Lipinski definition) is 2. The Hall–Kier alpha value is -1.55. The Morgan fingerprint density at radius 1 is 1.33 bits per heavy atom.